The Hall–Kier alpha value is -2.48. The van der Waals surface area contributed by atoms with Gasteiger partial charge >= 0.3 is 14.1 Å². The smallest absolute Gasteiger partial charge is 0.480 e. The quantitative estimate of drug-likeness (QED) is 0.113. The van der Waals surface area contributed by atoms with E-state index in [-0.39, 0.29) is 18.8 Å². The highest BCUT2D eigenvalue weighted by Gasteiger charge is 2.45. The van der Waals surface area contributed by atoms with Gasteiger partial charge in [-0.05, 0) is 35.5 Å². The number of nitrogens with one attached hydrogen (secondary N) is 3. The zero-order chi connectivity index (χ0) is 27.3. The fourth-order valence-electron chi connectivity index (χ4n) is 4.01. The van der Waals surface area contributed by atoms with Gasteiger partial charge in [0.05, 0.1) is 6.10 Å². The molecule has 0 bridgehead atoms. The number of H-pyrrole nitrogens is 1. The van der Waals surface area contributed by atoms with Crippen LogP contribution in [0, 0.1) is 5.92 Å². The largest absolute Gasteiger partial charge is 0.644 e. The molecule has 1 fully saturated rings. The Morgan fingerprint density at radius 3 is 2.51 bits per heavy atom. The lowest BCUT2D eigenvalue weighted by Crippen LogP contribution is -2.57. The van der Waals surface area contributed by atoms with Crippen LogP contribution in [0.15, 0.2) is 30.5 Å². The number of carboxylic acid groups (broad SMARTS) is 1. The van der Waals surface area contributed by atoms with Crippen molar-refractivity contribution in [1.29, 1.82) is 0 Å². The normalized spacial score (nSPS) is 26.1. The lowest BCUT2D eigenvalue weighted by molar-refractivity contribution is -0.382. The summed E-state index contributed by atoms with van der Waals surface area (Å²) in [6.45, 7) is 5.09. The highest BCUT2D eigenvalue weighted by Crippen LogP contribution is 2.27. The van der Waals surface area contributed by atoms with Crippen molar-refractivity contribution in [1.82, 2.24) is 15.4 Å². The second-order valence-corrected chi connectivity index (χ2v) is 10.3. The maximum Gasteiger partial charge on any atom is 0.644 e. The van der Waals surface area contributed by atoms with E-state index < -0.39 is 62.8 Å². The van der Waals surface area contributed by atoms with Crippen LogP contribution in [-0.2, 0) is 34.9 Å². The molecule has 0 spiro atoms. The monoisotopic (exact) mass is 542 g/mol. The van der Waals surface area contributed by atoms with E-state index in [1.165, 1.54) is 6.92 Å². The van der Waals surface area contributed by atoms with Crippen molar-refractivity contribution in [3.8, 4) is 0 Å². The summed E-state index contributed by atoms with van der Waals surface area (Å²) in [6, 6.07) is 5.03. The van der Waals surface area contributed by atoms with E-state index >= 15 is 0 Å². The van der Waals surface area contributed by atoms with E-state index in [0.717, 1.165) is 10.9 Å². The van der Waals surface area contributed by atoms with Gasteiger partial charge in [0.2, 0.25) is 12.2 Å². The van der Waals surface area contributed by atoms with Crippen LogP contribution in [0.5, 0.6) is 0 Å². The number of hydrogen-bond acceptors (Lipinski definition) is 9. The van der Waals surface area contributed by atoms with Crippen molar-refractivity contribution in [3.63, 3.8) is 0 Å². The van der Waals surface area contributed by atoms with Crippen LogP contribution < -0.4 is 10.4 Å². The maximum absolute atomic E-state index is 13.0. The lowest BCUT2D eigenvalue weighted by Gasteiger charge is -2.37. The number of aliphatic hydroxyl groups is 3. The van der Waals surface area contributed by atoms with E-state index in [1.807, 2.05) is 38.1 Å². The summed E-state index contributed by atoms with van der Waals surface area (Å²) in [6.07, 6.45) is -5.14. The van der Waals surface area contributed by atoms with Gasteiger partial charge in [-0.1, -0.05) is 37.1 Å². The van der Waals surface area contributed by atoms with Crippen molar-refractivity contribution < 1.29 is 48.9 Å². The first-order valence-electron chi connectivity index (χ1n) is 11.8. The van der Waals surface area contributed by atoms with Crippen LogP contribution in [-0.4, -0.2) is 80.1 Å². The number of para-hydroxylation sites is 1. The second kappa shape index (κ2) is 12.9. The lowest BCUT2D eigenvalue weighted by atomic mass is 10.0. The molecule has 1 unspecified atom stereocenters. The third kappa shape index (κ3) is 7.53. The number of amides is 1. The maximum atomic E-state index is 13.0. The van der Waals surface area contributed by atoms with E-state index in [9.17, 15) is 34.6 Å². The van der Waals surface area contributed by atoms with Crippen LogP contribution >= 0.6 is 8.18 Å². The molecule has 0 saturated carbocycles. The average molecular weight is 543 g/mol. The number of carboxylic acids is 1. The van der Waals surface area contributed by atoms with Crippen LogP contribution in [0.3, 0.4) is 0 Å². The number of carbonyl (C=O) groups excluding carboxylic acids is 1. The first-order chi connectivity index (χ1) is 17.5. The Kier molecular flexibility index (Phi) is 10.1. The number of fused-ring (bicyclic) bond motifs is 1. The van der Waals surface area contributed by atoms with Crippen molar-refractivity contribution in [2.24, 2.45) is 5.92 Å². The molecule has 1 aliphatic rings. The minimum Gasteiger partial charge on any atom is -0.480 e. The third-order valence-corrected chi connectivity index (χ3v) is 6.76. The van der Waals surface area contributed by atoms with Crippen LogP contribution in [0.4, 0.5) is 0 Å². The van der Waals surface area contributed by atoms with E-state index in [0.29, 0.717) is 5.56 Å². The minimum absolute atomic E-state index is 0.0223. The van der Waals surface area contributed by atoms with E-state index in [4.69, 9.17) is 14.3 Å². The molecule has 1 aliphatic heterocycles. The number of rotatable bonds is 12. The van der Waals surface area contributed by atoms with Crippen LogP contribution in [0.1, 0.15) is 32.8 Å². The number of hydrogen-bond donors (Lipinski definition) is 7. The highest BCUT2D eigenvalue weighted by atomic mass is 31.1. The molecule has 204 valence electrons. The minimum atomic E-state index is -2.84. The van der Waals surface area contributed by atoms with Crippen molar-refractivity contribution in [2.45, 2.75) is 76.4 Å². The molecule has 2 heterocycles. The average Bonchev–Trinajstić information content (AvgIpc) is 3.25. The fourth-order valence-corrected chi connectivity index (χ4v) is 4.69. The predicted molar refractivity (Wildman–Crippen MR) is 130 cm³/mol. The van der Waals surface area contributed by atoms with Gasteiger partial charge in [-0.3, -0.25) is 4.79 Å². The van der Waals surface area contributed by atoms with Gasteiger partial charge in [0.1, 0.15) is 30.4 Å². The Bertz CT molecular complexity index is 1100. The Labute approximate surface area is 214 Å². The van der Waals surface area contributed by atoms with Crippen LogP contribution in [0.2, 0.25) is 0 Å². The van der Waals surface area contributed by atoms with Crippen molar-refractivity contribution in [3.05, 3.63) is 36.0 Å². The predicted octanol–water partition coefficient (Wildman–Crippen LogP) is 0.717. The van der Waals surface area contributed by atoms with Crippen molar-refractivity contribution in [2.75, 3.05) is 0 Å². The SMILES string of the molecule is CC(C)C[C@H](N[P+](=O)OO[C@H]1O[C@H](C)[C@@H](O)[C@H](O)[C@@H]1O)C(=O)N[C@@H](Cc1c[nH]c2ccccc12)C(=O)O. The summed E-state index contributed by atoms with van der Waals surface area (Å²) in [5.74, 6) is -1.97. The van der Waals surface area contributed by atoms with E-state index in [2.05, 4.69) is 15.4 Å². The van der Waals surface area contributed by atoms with Gasteiger partial charge in [0.25, 0.3) is 0 Å². The van der Waals surface area contributed by atoms with Gasteiger partial charge < -0.3 is 35.5 Å². The second-order valence-electron chi connectivity index (χ2n) is 9.38. The van der Waals surface area contributed by atoms with Gasteiger partial charge in [-0.25, -0.2) is 4.79 Å². The summed E-state index contributed by atoms with van der Waals surface area (Å²) in [7, 11) is -2.84. The molecule has 1 aromatic carbocycles. The Morgan fingerprint density at radius 1 is 1.14 bits per heavy atom. The first-order valence-corrected chi connectivity index (χ1v) is 13.0. The summed E-state index contributed by atoms with van der Waals surface area (Å²) >= 11 is 0. The standard InChI is InChI=1S/C23H32N3O10P/c1-11(2)8-16(26-37(33)36-35-23-20(29)19(28)18(27)12(3)34-23)21(30)25-17(22(31)32)9-13-10-24-15-7-5-4-6-14(13)15/h4-7,10-12,16-20,23-24,27-29H,8-9H2,1-3H3,(H2-,25,26,30,31,32,33)/p+1/t12-,16+,17+,18-,19+,20+,23-/m1/s1. The number of carbonyl (C=O) groups is 2. The topological polar surface area (TPSA) is 200 Å². The Morgan fingerprint density at radius 2 is 1.84 bits per heavy atom. The molecular formula is C23H33N3O10P+. The molecular weight excluding hydrogens is 509 g/mol. The number of aromatic nitrogens is 1. The number of benzene rings is 1. The molecule has 2 aromatic rings. The van der Waals surface area contributed by atoms with Gasteiger partial charge in [-0.15, -0.1) is 0 Å². The number of ether oxygens (including phenoxy) is 1. The van der Waals surface area contributed by atoms with Crippen molar-refractivity contribution >= 4 is 31.0 Å². The molecule has 13 nitrogen and oxygen atoms in total. The molecule has 0 radical (unpaired) electrons. The number of aliphatic carboxylic acids is 1. The molecule has 1 aromatic heterocycles. The summed E-state index contributed by atoms with van der Waals surface area (Å²) in [5, 5.41) is 45.1. The Balaban J connectivity index is 1.62. The summed E-state index contributed by atoms with van der Waals surface area (Å²) < 4.78 is 22.4. The molecule has 1 amide bonds. The zero-order valence-corrected chi connectivity index (χ0v) is 21.5. The molecule has 14 heteroatoms. The summed E-state index contributed by atoms with van der Waals surface area (Å²) in [4.78, 5) is 32.8. The third-order valence-electron chi connectivity index (χ3n) is 6.01. The summed E-state index contributed by atoms with van der Waals surface area (Å²) in [5.41, 5.74) is 1.55. The zero-order valence-electron chi connectivity index (χ0n) is 20.6. The highest BCUT2D eigenvalue weighted by molar-refractivity contribution is 7.36. The van der Waals surface area contributed by atoms with Gasteiger partial charge in [-0.2, -0.15) is 4.89 Å². The van der Waals surface area contributed by atoms with E-state index in [1.54, 1.807) is 6.20 Å². The molecule has 1 saturated heterocycles. The number of aliphatic hydroxyl groups excluding tert-OH is 3. The fraction of sp³-hybridized carbons (Fsp3) is 0.565. The first kappa shape index (κ1) is 29.1. The van der Waals surface area contributed by atoms with Gasteiger partial charge in [0, 0.05) is 28.2 Å². The molecule has 7 N–H and O–H groups in total. The number of aromatic amines is 1. The van der Waals surface area contributed by atoms with Crippen LogP contribution in [0.25, 0.3) is 10.9 Å². The molecule has 8 atom stereocenters. The molecule has 37 heavy (non-hydrogen) atoms. The molecule has 3 rings (SSSR count). The van der Waals surface area contributed by atoms with Gasteiger partial charge in [0.15, 0.2) is 0 Å². The molecule has 0 aliphatic carbocycles.